The molecule has 0 aliphatic rings. The van der Waals surface area contributed by atoms with Crippen LogP contribution in [-0.4, -0.2) is 74.0 Å². The summed E-state index contributed by atoms with van der Waals surface area (Å²) in [6.45, 7) is -0.322. The Bertz CT molecular complexity index is 761. The van der Waals surface area contributed by atoms with E-state index in [2.05, 4.69) is 9.50 Å². The molecule has 0 aliphatic carbocycles. The number of sulfone groups is 1. The Balaban J connectivity index is 2.54. The lowest BCUT2D eigenvalue weighted by Crippen LogP contribution is -2.33. The summed E-state index contributed by atoms with van der Waals surface area (Å²) in [5.41, 5.74) is 0. The highest BCUT2D eigenvalue weighted by Gasteiger charge is 2.17. The van der Waals surface area contributed by atoms with Crippen molar-refractivity contribution in [3.63, 3.8) is 0 Å². The molecule has 0 saturated heterocycles. The highest BCUT2D eigenvalue weighted by molar-refractivity contribution is 7.91. The fourth-order valence-electron chi connectivity index (χ4n) is 1.86. The normalized spacial score (nSPS) is 13.4. The van der Waals surface area contributed by atoms with E-state index < -0.39 is 32.7 Å². The summed E-state index contributed by atoms with van der Waals surface area (Å²) >= 11 is 0. The molecule has 1 unspecified atom stereocenters. The Kier molecular flexibility index (Phi) is 8.09. The molecule has 9 nitrogen and oxygen atoms in total. The van der Waals surface area contributed by atoms with Crippen LogP contribution in [0.1, 0.15) is 0 Å². The number of aliphatic hydroxyl groups is 1. The average Bonchev–Trinajstić information content (AvgIpc) is 2.55. The van der Waals surface area contributed by atoms with Gasteiger partial charge in [0.05, 0.1) is 43.8 Å². The summed E-state index contributed by atoms with van der Waals surface area (Å²) in [6.07, 6.45) is -0.193. The van der Waals surface area contributed by atoms with Gasteiger partial charge in [-0.2, -0.15) is 8.42 Å². The Morgan fingerprint density at radius 2 is 1.76 bits per heavy atom. The molecule has 0 saturated carbocycles. The summed E-state index contributed by atoms with van der Waals surface area (Å²) in [6, 6.07) is 4.31. The monoisotopic (exact) mass is 397 g/mol. The molecule has 11 heteroatoms. The van der Waals surface area contributed by atoms with E-state index in [-0.39, 0.29) is 23.7 Å². The second kappa shape index (κ2) is 9.34. The number of nitrogens with one attached hydrogen (secondary N) is 1. The van der Waals surface area contributed by atoms with Crippen molar-refractivity contribution < 1.29 is 35.6 Å². The number of hydrogen-bond donors (Lipinski definition) is 2. The minimum atomic E-state index is -3.63. The van der Waals surface area contributed by atoms with Crippen molar-refractivity contribution in [2.24, 2.45) is 0 Å². The van der Waals surface area contributed by atoms with Gasteiger partial charge in [-0.15, -0.1) is 0 Å². The highest BCUT2D eigenvalue weighted by atomic mass is 32.2. The van der Waals surface area contributed by atoms with Gasteiger partial charge in [0.15, 0.2) is 21.3 Å². The predicted molar refractivity (Wildman–Crippen MR) is 91.3 cm³/mol. The minimum Gasteiger partial charge on any atom is -0.493 e. The van der Waals surface area contributed by atoms with Crippen molar-refractivity contribution in [3.8, 4) is 11.5 Å². The second-order valence-electron chi connectivity index (χ2n) is 5.18. The van der Waals surface area contributed by atoms with Gasteiger partial charge in [0.25, 0.3) is 10.1 Å². The van der Waals surface area contributed by atoms with Gasteiger partial charge in [-0.05, 0) is 12.1 Å². The molecule has 1 aromatic rings. The lowest BCUT2D eigenvalue weighted by atomic mass is 10.3. The number of rotatable bonds is 11. The molecular weight excluding hydrogens is 374 g/mol. The van der Waals surface area contributed by atoms with Gasteiger partial charge in [-0.3, -0.25) is 4.18 Å². The van der Waals surface area contributed by atoms with Crippen LogP contribution in [0.15, 0.2) is 23.1 Å². The van der Waals surface area contributed by atoms with Gasteiger partial charge in [-0.25, -0.2) is 8.42 Å². The van der Waals surface area contributed by atoms with Crippen molar-refractivity contribution >= 4 is 20.0 Å². The smallest absolute Gasteiger partial charge is 0.264 e. The third-order valence-corrected chi connectivity index (χ3v) is 5.39. The molecule has 1 atom stereocenters. The van der Waals surface area contributed by atoms with Crippen LogP contribution in [0, 0.1) is 0 Å². The standard InChI is InChI=1S/C14H23NO8S2/c1-21-13-5-4-12(8-14(13)22-2)25(19,20)7-6-15-9-11(16)10-23-24(3,17)18/h4-5,8,11,15-16H,6-7,9-10H2,1-3H3. The van der Waals surface area contributed by atoms with E-state index in [4.69, 9.17) is 9.47 Å². The first-order chi connectivity index (χ1) is 11.6. The van der Waals surface area contributed by atoms with Crippen LogP contribution in [-0.2, 0) is 24.1 Å². The van der Waals surface area contributed by atoms with Crippen LogP contribution in [0.25, 0.3) is 0 Å². The lowest BCUT2D eigenvalue weighted by Gasteiger charge is -2.12. The molecule has 0 aromatic heterocycles. The largest absolute Gasteiger partial charge is 0.493 e. The number of hydrogen-bond acceptors (Lipinski definition) is 9. The van der Waals surface area contributed by atoms with Gasteiger partial charge in [0, 0.05) is 19.2 Å². The summed E-state index contributed by atoms with van der Waals surface area (Å²) in [5, 5.41) is 12.3. The summed E-state index contributed by atoms with van der Waals surface area (Å²) in [4.78, 5) is 0.0907. The van der Waals surface area contributed by atoms with Gasteiger partial charge in [0.2, 0.25) is 0 Å². The maximum Gasteiger partial charge on any atom is 0.264 e. The molecular formula is C14H23NO8S2. The lowest BCUT2D eigenvalue weighted by molar-refractivity contribution is 0.110. The first-order valence-corrected chi connectivity index (χ1v) is 10.7. The molecule has 0 heterocycles. The molecule has 0 radical (unpaired) electrons. The van der Waals surface area contributed by atoms with E-state index in [1.54, 1.807) is 0 Å². The quantitative estimate of drug-likeness (QED) is 0.372. The van der Waals surface area contributed by atoms with Gasteiger partial charge >= 0.3 is 0 Å². The van der Waals surface area contributed by atoms with Crippen LogP contribution in [0.5, 0.6) is 11.5 Å². The molecule has 1 rings (SSSR count). The molecule has 144 valence electrons. The molecule has 0 bridgehead atoms. The molecule has 0 aliphatic heterocycles. The molecule has 0 fully saturated rings. The van der Waals surface area contributed by atoms with E-state index in [1.165, 1.54) is 32.4 Å². The molecule has 0 amide bonds. The van der Waals surface area contributed by atoms with Crippen molar-refractivity contribution in [2.75, 3.05) is 45.9 Å². The molecule has 25 heavy (non-hydrogen) atoms. The van der Waals surface area contributed by atoms with Crippen molar-refractivity contribution in [2.45, 2.75) is 11.0 Å². The average molecular weight is 397 g/mol. The fraction of sp³-hybridized carbons (Fsp3) is 0.571. The second-order valence-corrected chi connectivity index (χ2v) is 8.94. The zero-order chi connectivity index (χ0) is 19.1. The van der Waals surface area contributed by atoms with E-state index in [0.29, 0.717) is 11.5 Å². The topological polar surface area (TPSA) is 128 Å². The Labute approximate surface area is 147 Å². The number of ether oxygens (including phenoxy) is 2. The van der Waals surface area contributed by atoms with Crippen molar-refractivity contribution in [1.82, 2.24) is 5.32 Å². The van der Waals surface area contributed by atoms with Gasteiger partial charge in [-0.1, -0.05) is 0 Å². The SMILES string of the molecule is COc1ccc(S(=O)(=O)CCNCC(O)COS(C)(=O)=O)cc1OC. The van der Waals surface area contributed by atoms with Crippen LogP contribution in [0.3, 0.4) is 0 Å². The van der Waals surface area contributed by atoms with Gasteiger partial charge in [0.1, 0.15) is 0 Å². The summed E-state index contributed by atoms with van der Waals surface area (Å²) in [5.74, 6) is 0.528. The maximum atomic E-state index is 12.3. The van der Waals surface area contributed by atoms with E-state index in [9.17, 15) is 21.9 Å². The highest BCUT2D eigenvalue weighted by Crippen LogP contribution is 2.29. The molecule has 0 spiro atoms. The fourth-order valence-corrected chi connectivity index (χ4v) is 3.48. The third-order valence-electron chi connectivity index (χ3n) is 3.12. The first-order valence-electron chi connectivity index (χ1n) is 7.27. The number of benzene rings is 1. The predicted octanol–water partition coefficient (Wildman–Crippen LogP) is -0.596. The van der Waals surface area contributed by atoms with Crippen molar-refractivity contribution in [3.05, 3.63) is 18.2 Å². The zero-order valence-corrected chi connectivity index (χ0v) is 15.9. The van der Waals surface area contributed by atoms with Gasteiger partial charge < -0.3 is 19.9 Å². The minimum absolute atomic E-state index is 0.00300. The summed E-state index contributed by atoms with van der Waals surface area (Å²) in [7, 11) is -4.32. The van der Waals surface area contributed by atoms with E-state index in [1.807, 2.05) is 0 Å². The van der Waals surface area contributed by atoms with Crippen LogP contribution in [0.2, 0.25) is 0 Å². The van der Waals surface area contributed by atoms with Crippen LogP contribution >= 0.6 is 0 Å². The Hall–Kier alpha value is -1.40. The number of methoxy groups -OCH3 is 2. The maximum absolute atomic E-state index is 12.3. The van der Waals surface area contributed by atoms with Crippen LogP contribution in [0.4, 0.5) is 0 Å². The summed E-state index contributed by atoms with van der Waals surface area (Å²) < 4.78 is 60.8. The Morgan fingerprint density at radius 3 is 2.32 bits per heavy atom. The van der Waals surface area contributed by atoms with Crippen LogP contribution < -0.4 is 14.8 Å². The zero-order valence-electron chi connectivity index (χ0n) is 14.3. The first kappa shape index (κ1) is 21.6. The van der Waals surface area contributed by atoms with E-state index >= 15 is 0 Å². The van der Waals surface area contributed by atoms with Crippen molar-refractivity contribution in [1.29, 1.82) is 0 Å². The number of aliphatic hydroxyl groups excluding tert-OH is 1. The third kappa shape index (κ3) is 7.57. The molecule has 1 aromatic carbocycles. The Morgan fingerprint density at radius 1 is 1.12 bits per heavy atom. The van der Waals surface area contributed by atoms with E-state index in [0.717, 1.165) is 6.26 Å². The molecule has 2 N–H and O–H groups in total.